The zero-order valence-corrected chi connectivity index (χ0v) is 9.48. The maximum absolute atomic E-state index is 13.4. The summed E-state index contributed by atoms with van der Waals surface area (Å²) in [6, 6.07) is 4.04. The second-order valence-corrected chi connectivity index (χ2v) is 4.11. The third-order valence-electron chi connectivity index (χ3n) is 1.97. The molecule has 8 heteroatoms. The molecule has 0 unspecified atom stereocenters. The van der Waals surface area contributed by atoms with Gasteiger partial charge < -0.3 is 5.11 Å². The van der Waals surface area contributed by atoms with Crippen LogP contribution in [0.3, 0.4) is 0 Å². The van der Waals surface area contributed by atoms with E-state index in [0.717, 1.165) is 17.8 Å². The van der Waals surface area contributed by atoms with Crippen molar-refractivity contribution in [2.24, 2.45) is 7.05 Å². The van der Waals surface area contributed by atoms with Crippen molar-refractivity contribution in [1.29, 1.82) is 0 Å². The highest BCUT2D eigenvalue weighted by Crippen LogP contribution is 2.29. The lowest BCUT2D eigenvalue weighted by Crippen LogP contribution is -2.03. The lowest BCUT2D eigenvalue weighted by atomic mass is 10.2. The molecule has 0 spiro atoms. The van der Waals surface area contributed by atoms with Gasteiger partial charge in [-0.2, -0.15) is 0 Å². The molecule has 2 rings (SSSR count). The Morgan fingerprint density at radius 2 is 2.29 bits per heavy atom. The van der Waals surface area contributed by atoms with E-state index in [0.29, 0.717) is 5.16 Å². The van der Waals surface area contributed by atoms with Gasteiger partial charge in [0.2, 0.25) is 5.16 Å². The number of nitrogens with zero attached hydrogens (tertiary/aromatic N) is 4. The largest absolute Gasteiger partial charge is 0.478 e. The molecule has 2 aromatic rings. The van der Waals surface area contributed by atoms with E-state index in [4.69, 9.17) is 5.11 Å². The zero-order valence-electron chi connectivity index (χ0n) is 8.66. The fourth-order valence-corrected chi connectivity index (χ4v) is 2.08. The molecule has 1 heterocycles. The minimum Gasteiger partial charge on any atom is -0.478 e. The van der Waals surface area contributed by atoms with Crippen LogP contribution in [0, 0.1) is 5.82 Å². The van der Waals surface area contributed by atoms with Gasteiger partial charge in [-0.1, -0.05) is 6.07 Å². The first-order valence-electron chi connectivity index (χ1n) is 4.51. The highest BCUT2D eigenvalue weighted by Gasteiger charge is 2.18. The summed E-state index contributed by atoms with van der Waals surface area (Å²) in [5.41, 5.74) is -0.375. The molecule has 0 aliphatic carbocycles. The Labute approximate surface area is 99.4 Å². The first-order valence-corrected chi connectivity index (χ1v) is 5.33. The van der Waals surface area contributed by atoms with Crippen LogP contribution in [-0.4, -0.2) is 31.3 Å². The van der Waals surface area contributed by atoms with Gasteiger partial charge in [0, 0.05) is 11.9 Å². The van der Waals surface area contributed by atoms with E-state index in [1.54, 1.807) is 7.05 Å². The Morgan fingerprint density at radius 1 is 1.53 bits per heavy atom. The first-order chi connectivity index (χ1) is 8.09. The summed E-state index contributed by atoms with van der Waals surface area (Å²) in [7, 11) is 1.61. The number of rotatable bonds is 3. The Bertz CT molecular complexity index is 572. The first kappa shape index (κ1) is 11.5. The van der Waals surface area contributed by atoms with Gasteiger partial charge in [0.25, 0.3) is 0 Å². The van der Waals surface area contributed by atoms with Crippen molar-refractivity contribution in [2.45, 2.75) is 10.1 Å². The quantitative estimate of drug-likeness (QED) is 0.886. The Balaban J connectivity index is 2.43. The minimum absolute atomic E-state index is 0.260. The van der Waals surface area contributed by atoms with Crippen molar-refractivity contribution in [3.8, 4) is 0 Å². The monoisotopic (exact) mass is 254 g/mol. The molecule has 6 nitrogen and oxygen atoms in total. The van der Waals surface area contributed by atoms with E-state index in [9.17, 15) is 9.18 Å². The molecule has 1 N–H and O–H groups in total. The number of carboxylic acids is 1. The summed E-state index contributed by atoms with van der Waals surface area (Å²) in [5, 5.41) is 20.0. The lowest BCUT2D eigenvalue weighted by molar-refractivity contribution is 0.0688. The molecule has 88 valence electrons. The Morgan fingerprint density at radius 3 is 2.88 bits per heavy atom. The molecular weight excluding hydrogens is 247 g/mol. The molecule has 17 heavy (non-hydrogen) atoms. The zero-order chi connectivity index (χ0) is 12.4. The average molecular weight is 254 g/mol. The van der Waals surface area contributed by atoms with Crippen molar-refractivity contribution in [3.05, 3.63) is 29.6 Å². The number of halogens is 1. The molecule has 0 amide bonds. The number of benzene rings is 1. The highest BCUT2D eigenvalue weighted by atomic mass is 32.2. The Kier molecular flexibility index (Phi) is 3.05. The predicted molar refractivity (Wildman–Crippen MR) is 56.3 cm³/mol. The number of carbonyl (C=O) groups is 1. The van der Waals surface area contributed by atoms with Gasteiger partial charge in [0.15, 0.2) is 0 Å². The number of aryl methyl sites for hydroxylation is 1. The van der Waals surface area contributed by atoms with Crippen molar-refractivity contribution < 1.29 is 14.3 Å². The summed E-state index contributed by atoms with van der Waals surface area (Å²) in [4.78, 5) is 11.2. The number of hydrogen-bond donors (Lipinski definition) is 1. The van der Waals surface area contributed by atoms with Crippen LogP contribution in [0.5, 0.6) is 0 Å². The smallest absolute Gasteiger partial charge is 0.339 e. The van der Waals surface area contributed by atoms with Gasteiger partial charge in [-0.05, 0) is 34.3 Å². The van der Waals surface area contributed by atoms with E-state index < -0.39 is 11.8 Å². The molecule has 1 aromatic heterocycles. The molecule has 0 radical (unpaired) electrons. The standard InChI is InChI=1S/C9H7FN4O2S/c1-14-9(11-12-13-14)17-6-4-2-3-5(10)7(6)8(15)16/h2-4H,1H3,(H,15,16). The molecule has 0 saturated carbocycles. The maximum atomic E-state index is 13.4. The topological polar surface area (TPSA) is 80.9 Å². The van der Waals surface area contributed by atoms with Gasteiger partial charge in [-0.3, -0.25) is 0 Å². The summed E-state index contributed by atoms with van der Waals surface area (Å²) < 4.78 is 14.8. The number of aromatic carboxylic acids is 1. The molecule has 0 saturated heterocycles. The second kappa shape index (κ2) is 4.50. The number of aromatic nitrogens is 4. The molecular formula is C9H7FN4O2S. The van der Waals surface area contributed by atoms with Crippen molar-refractivity contribution in [3.63, 3.8) is 0 Å². The van der Waals surface area contributed by atoms with Gasteiger partial charge in [0.05, 0.1) is 0 Å². The second-order valence-electron chi connectivity index (χ2n) is 3.11. The fourth-order valence-electron chi connectivity index (χ4n) is 1.20. The van der Waals surface area contributed by atoms with Crippen LogP contribution in [0.1, 0.15) is 10.4 Å². The SMILES string of the molecule is Cn1nnnc1Sc1cccc(F)c1C(=O)O. The molecule has 0 aliphatic rings. The van der Waals surface area contributed by atoms with Crippen molar-refractivity contribution in [1.82, 2.24) is 20.2 Å². The van der Waals surface area contributed by atoms with Gasteiger partial charge in [0.1, 0.15) is 11.4 Å². The van der Waals surface area contributed by atoms with Crippen molar-refractivity contribution in [2.75, 3.05) is 0 Å². The number of tetrazole rings is 1. The van der Waals surface area contributed by atoms with Gasteiger partial charge >= 0.3 is 5.97 Å². The van der Waals surface area contributed by atoms with E-state index in [1.165, 1.54) is 16.8 Å². The van der Waals surface area contributed by atoms with E-state index in [1.807, 2.05) is 0 Å². The van der Waals surface area contributed by atoms with E-state index >= 15 is 0 Å². The molecule has 1 aromatic carbocycles. The lowest BCUT2D eigenvalue weighted by Gasteiger charge is -2.04. The third kappa shape index (κ3) is 2.26. The van der Waals surface area contributed by atoms with E-state index in [2.05, 4.69) is 15.5 Å². The van der Waals surface area contributed by atoms with Gasteiger partial charge in [-0.15, -0.1) is 5.10 Å². The van der Waals surface area contributed by atoms with Crippen LogP contribution < -0.4 is 0 Å². The van der Waals surface area contributed by atoms with Gasteiger partial charge in [-0.25, -0.2) is 13.9 Å². The summed E-state index contributed by atoms with van der Waals surface area (Å²) >= 11 is 0.996. The van der Waals surface area contributed by atoms with Crippen LogP contribution in [0.25, 0.3) is 0 Å². The molecule has 0 bridgehead atoms. The molecule has 0 aliphatic heterocycles. The highest BCUT2D eigenvalue weighted by molar-refractivity contribution is 7.99. The summed E-state index contributed by atoms with van der Waals surface area (Å²) in [6.45, 7) is 0. The van der Waals surface area contributed by atoms with Crippen LogP contribution in [0.2, 0.25) is 0 Å². The summed E-state index contributed by atoms with van der Waals surface area (Å²) in [5.74, 6) is -2.10. The summed E-state index contributed by atoms with van der Waals surface area (Å²) in [6.07, 6.45) is 0. The third-order valence-corrected chi connectivity index (χ3v) is 3.06. The normalized spacial score (nSPS) is 10.5. The number of carboxylic acid groups (broad SMARTS) is 1. The van der Waals surface area contributed by atoms with Crippen LogP contribution in [-0.2, 0) is 7.05 Å². The molecule has 0 atom stereocenters. The van der Waals surface area contributed by atoms with E-state index in [-0.39, 0.29) is 10.5 Å². The molecule has 0 fully saturated rings. The predicted octanol–water partition coefficient (Wildman–Crippen LogP) is 1.20. The fraction of sp³-hybridized carbons (Fsp3) is 0.111. The maximum Gasteiger partial charge on any atom is 0.339 e. The van der Waals surface area contributed by atoms with Crippen LogP contribution in [0.4, 0.5) is 4.39 Å². The van der Waals surface area contributed by atoms with Crippen LogP contribution >= 0.6 is 11.8 Å². The minimum atomic E-state index is -1.32. The number of hydrogen-bond acceptors (Lipinski definition) is 5. The average Bonchev–Trinajstić information content (AvgIpc) is 2.64. The Hall–Kier alpha value is -1.96. The van der Waals surface area contributed by atoms with Crippen molar-refractivity contribution >= 4 is 17.7 Å². The van der Waals surface area contributed by atoms with Crippen LogP contribution in [0.15, 0.2) is 28.3 Å².